The van der Waals surface area contributed by atoms with Crippen LogP contribution in [0.15, 0.2) is 24.3 Å². The summed E-state index contributed by atoms with van der Waals surface area (Å²) < 4.78 is 26.1. The molecule has 1 fully saturated rings. The number of rotatable bonds is 6. The molecule has 0 spiro atoms. The van der Waals surface area contributed by atoms with E-state index >= 15 is 0 Å². The second-order valence-corrected chi connectivity index (χ2v) is 8.11. The number of piperazine rings is 1. The molecule has 1 aliphatic rings. The lowest BCUT2D eigenvalue weighted by molar-refractivity contribution is -0.131. The summed E-state index contributed by atoms with van der Waals surface area (Å²) in [5, 5.41) is 3.85. The van der Waals surface area contributed by atoms with Gasteiger partial charge in [0.15, 0.2) is 0 Å². The van der Waals surface area contributed by atoms with Gasteiger partial charge in [0.25, 0.3) is 0 Å². The predicted molar refractivity (Wildman–Crippen MR) is 95.5 cm³/mol. The Bertz CT molecular complexity index is 677. The van der Waals surface area contributed by atoms with Gasteiger partial charge in [-0.15, -0.1) is 0 Å². The lowest BCUT2D eigenvalue weighted by atomic mass is 10.0. The van der Waals surface area contributed by atoms with E-state index in [-0.39, 0.29) is 11.9 Å². The van der Waals surface area contributed by atoms with E-state index in [0.717, 1.165) is 5.56 Å². The van der Waals surface area contributed by atoms with E-state index in [4.69, 9.17) is 11.6 Å². The first-order chi connectivity index (χ1) is 11.4. The molecule has 1 saturated heterocycles. The molecule has 1 aromatic rings. The fourth-order valence-electron chi connectivity index (χ4n) is 2.96. The number of benzene rings is 1. The number of nitrogens with zero attached hydrogens (tertiary/aromatic N) is 2. The summed E-state index contributed by atoms with van der Waals surface area (Å²) in [5.74, 6) is -0.862. The maximum absolute atomic E-state index is 12.7. The lowest BCUT2D eigenvalue weighted by Crippen LogP contribution is -2.51. The molecule has 6 nitrogen and oxygen atoms in total. The van der Waals surface area contributed by atoms with Crippen LogP contribution in [0.5, 0.6) is 0 Å². The molecule has 0 aromatic heterocycles. The first-order valence-corrected chi connectivity index (χ1v) is 10.1. The first-order valence-electron chi connectivity index (χ1n) is 8.12. The number of carbonyl (C=O) groups is 1. The quantitative estimate of drug-likeness (QED) is 0.820. The van der Waals surface area contributed by atoms with Crippen LogP contribution in [0, 0.1) is 0 Å². The molecule has 1 unspecified atom stereocenters. The number of hydrogen-bond acceptors (Lipinski definition) is 4. The molecule has 0 saturated carbocycles. The Hall–Kier alpha value is -1.15. The highest BCUT2D eigenvalue weighted by molar-refractivity contribution is 7.89. The highest BCUT2D eigenvalue weighted by Gasteiger charge is 2.32. The predicted octanol–water partition coefficient (Wildman–Crippen LogP) is 1.48. The molecule has 1 N–H and O–H groups in total. The Kier molecular flexibility index (Phi) is 6.62. The van der Waals surface area contributed by atoms with Crippen LogP contribution in [0.4, 0.5) is 0 Å². The fraction of sp³-hybridized carbons (Fsp3) is 0.562. The van der Waals surface area contributed by atoms with E-state index in [0.29, 0.717) is 37.7 Å². The van der Waals surface area contributed by atoms with Crippen molar-refractivity contribution in [1.82, 2.24) is 14.5 Å². The van der Waals surface area contributed by atoms with Gasteiger partial charge < -0.3 is 10.2 Å². The second-order valence-electron chi connectivity index (χ2n) is 5.70. The summed E-state index contributed by atoms with van der Waals surface area (Å²) in [7, 11) is -3.59. The molecule has 1 atom stereocenters. The largest absolute Gasteiger partial charge is 0.332 e. The molecule has 8 heteroatoms. The first kappa shape index (κ1) is 19.2. The molecule has 134 valence electrons. The zero-order valence-electron chi connectivity index (χ0n) is 14.0. The maximum Gasteiger partial charge on any atom is 0.239 e. The van der Waals surface area contributed by atoms with Crippen LogP contribution >= 0.6 is 11.6 Å². The molecular weight excluding hydrogens is 350 g/mol. The number of hydrogen-bond donors (Lipinski definition) is 1. The molecule has 2 rings (SSSR count). The Morgan fingerprint density at radius 3 is 2.71 bits per heavy atom. The molecule has 1 heterocycles. The van der Waals surface area contributed by atoms with Crippen molar-refractivity contribution in [2.24, 2.45) is 0 Å². The summed E-state index contributed by atoms with van der Waals surface area (Å²) in [6.07, 6.45) is 0. The number of amides is 1. The smallest absolute Gasteiger partial charge is 0.239 e. The molecule has 1 aromatic carbocycles. The van der Waals surface area contributed by atoms with E-state index in [1.54, 1.807) is 24.8 Å². The van der Waals surface area contributed by atoms with Crippen LogP contribution in [-0.4, -0.2) is 62.0 Å². The van der Waals surface area contributed by atoms with E-state index in [1.165, 1.54) is 4.31 Å². The van der Waals surface area contributed by atoms with E-state index in [1.807, 2.05) is 18.2 Å². The number of halogens is 1. The summed E-state index contributed by atoms with van der Waals surface area (Å²) in [6, 6.07) is 7.12. The lowest BCUT2D eigenvalue weighted by Gasteiger charge is -2.37. The van der Waals surface area contributed by atoms with Gasteiger partial charge in [-0.1, -0.05) is 37.6 Å². The monoisotopic (exact) mass is 373 g/mol. The van der Waals surface area contributed by atoms with Gasteiger partial charge >= 0.3 is 0 Å². The van der Waals surface area contributed by atoms with Crippen molar-refractivity contribution in [3.63, 3.8) is 0 Å². The average molecular weight is 374 g/mol. The normalized spacial score (nSPS) is 18.8. The molecule has 1 amide bonds. The Balaban J connectivity index is 2.19. The molecule has 24 heavy (non-hydrogen) atoms. The fourth-order valence-corrected chi connectivity index (χ4v) is 4.61. The zero-order valence-corrected chi connectivity index (χ0v) is 15.6. The van der Waals surface area contributed by atoms with Gasteiger partial charge in [-0.05, 0) is 17.7 Å². The highest BCUT2D eigenvalue weighted by Crippen LogP contribution is 2.25. The van der Waals surface area contributed by atoms with Crippen molar-refractivity contribution in [1.29, 1.82) is 0 Å². The van der Waals surface area contributed by atoms with Crippen molar-refractivity contribution in [2.45, 2.75) is 19.9 Å². The standard InChI is InChI=1S/C16H24ClN3O3S/c1-3-19(4-2)24(22,23)12-16(21)20-9-8-18-11-15(20)13-6-5-7-14(17)10-13/h5-7,10,15,18H,3-4,8-9,11-12H2,1-2H3. The summed E-state index contributed by atoms with van der Waals surface area (Å²) in [4.78, 5) is 14.3. The number of carbonyl (C=O) groups excluding carboxylic acids is 1. The summed E-state index contributed by atoms with van der Waals surface area (Å²) in [5.41, 5.74) is 0.906. The van der Waals surface area contributed by atoms with Crippen molar-refractivity contribution < 1.29 is 13.2 Å². The molecular formula is C16H24ClN3O3S. The minimum atomic E-state index is -3.59. The van der Waals surface area contributed by atoms with Crippen LogP contribution in [0.3, 0.4) is 0 Å². The minimum Gasteiger partial charge on any atom is -0.332 e. The van der Waals surface area contributed by atoms with Gasteiger partial charge in [0, 0.05) is 37.7 Å². The van der Waals surface area contributed by atoms with Crippen LogP contribution in [0.25, 0.3) is 0 Å². The van der Waals surface area contributed by atoms with Crippen LogP contribution in [0.2, 0.25) is 5.02 Å². The Labute approximate surface area is 148 Å². The Morgan fingerprint density at radius 1 is 1.38 bits per heavy atom. The van der Waals surface area contributed by atoms with Crippen LogP contribution in [0.1, 0.15) is 25.5 Å². The van der Waals surface area contributed by atoms with Gasteiger partial charge in [-0.3, -0.25) is 4.79 Å². The highest BCUT2D eigenvalue weighted by atomic mass is 35.5. The van der Waals surface area contributed by atoms with Crippen molar-refractivity contribution >= 4 is 27.5 Å². The topological polar surface area (TPSA) is 69.7 Å². The molecule has 0 aliphatic carbocycles. The molecule has 0 bridgehead atoms. The van der Waals surface area contributed by atoms with Crippen molar-refractivity contribution in [3.05, 3.63) is 34.9 Å². The van der Waals surface area contributed by atoms with E-state index < -0.39 is 15.8 Å². The maximum atomic E-state index is 12.7. The third-order valence-corrected chi connectivity index (χ3v) is 6.35. The zero-order chi connectivity index (χ0) is 17.7. The second kappa shape index (κ2) is 8.29. The van der Waals surface area contributed by atoms with Gasteiger partial charge in [-0.25, -0.2) is 12.7 Å². The summed E-state index contributed by atoms with van der Waals surface area (Å²) in [6.45, 7) is 5.97. The van der Waals surface area contributed by atoms with E-state index in [2.05, 4.69) is 5.32 Å². The van der Waals surface area contributed by atoms with Gasteiger partial charge in [0.05, 0.1) is 6.04 Å². The molecule has 1 aliphatic heterocycles. The van der Waals surface area contributed by atoms with Crippen molar-refractivity contribution in [2.75, 3.05) is 38.5 Å². The SMILES string of the molecule is CCN(CC)S(=O)(=O)CC(=O)N1CCNCC1c1cccc(Cl)c1. The Morgan fingerprint density at radius 2 is 2.08 bits per heavy atom. The van der Waals surface area contributed by atoms with Crippen LogP contribution in [-0.2, 0) is 14.8 Å². The van der Waals surface area contributed by atoms with Gasteiger partial charge in [0.1, 0.15) is 5.75 Å². The van der Waals surface area contributed by atoms with Gasteiger partial charge in [-0.2, -0.15) is 0 Å². The third kappa shape index (κ3) is 4.47. The van der Waals surface area contributed by atoms with Crippen LogP contribution < -0.4 is 5.32 Å². The summed E-state index contributed by atoms with van der Waals surface area (Å²) >= 11 is 6.05. The third-order valence-electron chi connectivity index (χ3n) is 4.20. The van der Waals surface area contributed by atoms with E-state index in [9.17, 15) is 13.2 Å². The van der Waals surface area contributed by atoms with Gasteiger partial charge in [0.2, 0.25) is 15.9 Å². The minimum absolute atomic E-state index is 0.211. The number of sulfonamides is 1. The number of nitrogens with one attached hydrogen (secondary N) is 1. The molecule has 0 radical (unpaired) electrons. The average Bonchev–Trinajstić information content (AvgIpc) is 2.55. The van der Waals surface area contributed by atoms with Crippen molar-refractivity contribution in [3.8, 4) is 0 Å².